The second-order valence-corrected chi connectivity index (χ2v) is 6.01. The Morgan fingerprint density at radius 1 is 1.38 bits per heavy atom. The molecule has 0 saturated carbocycles. The van der Waals surface area contributed by atoms with E-state index in [1.54, 1.807) is 0 Å². The van der Waals surface area contributed by atoms with E-state index in [0.29, 0.717) is 12.5 Å². The summed E-state index contributed by atoms with van der Waals surface area (Å²) in [6, 6.07) is 0.0386. The highest BCUT2D eigenvalue weighted by molar-refractivity contribution is 5.00. The summed E-state index contributed by atoms with van der Waals surface area (Å²) in [6.45, 7) is 13.3. The summed E-state index contributed by atoms with van der Waals surface area (Å²) in [4.78, 5) is 0. The average molecular weight is 229 g/mol. The van der Waals surface area contributed by atoms with E-state index < -0.39 is 0 Å². The number of nitrogens with two attached hydrogens (primary N) is 1. The van der Waals surface area contributed by atoms with Crippen LogP contribution in [0.15, 0.2) is 0 Å². The van der Waals surface area contributed by atoms with Crippen molar-refractivity contribution in [3.05, 3.63) is 0 Å². The van der Waals surface area contributed by atoms with Crippen molar-refractivity contribution in [2.24, 2.45) is 11.7 Å². The van der Waals surface area contributed by atoms with Crippen LogP contribution in [-0.2, 0) is 9.47 Å². The predicted molar refractivity (Wildman–Crippen MR) is 66.4 cm³/mol. The Morgan fingerprint density at radius 3 is 2.31 bits per heavy atom. The monoisotopic (exact) mass is 229 g/mol. The van der Waals surface area contributed by atoms with Crippen LogP contribution in [0.25, 0.3) is 0 Å². The summed E-state index contributed by atoms with van der Waals surface area (Å²) >= 11 is 0. The Morgan fingerprint density at radius 2 is 1.94 bits per heavy atom. The zero-order valence-electron chi connectivity index (χ0n) is 11.5. The molecule has 1 saturated heterocycles. The predicted octanol–water partition coefficient (Wildman–Crippen LogP) is 2.33. The molecule has 0 amide bonds. The molecule has 0 aromatic heterocycles. The van der Waals surface area contributed by atoms with Crippen molar-refractivity contribution in [2.45, 2.75) is 71.3 Å². The third kappa shape index (κ3) is 2.96. The molecule has 3 unspecified atom stereocenters. The topological polar surface area (TPSA) is 44.5 Å². The van der Waals surface area contributed by atoms with Gasteiger partial charge in [-0.25, -0.2) is 0 Å². The zero-order valence-corrected chi connectivity index (χ0v) is 11.5. The molecule has 0 aromatic rings. The average Bonchev–Trinajstić information content (AvgIpc) is 2.33. The van der Waals surface area contributed by atoms with Gasteiger partial charge in [-0.1, -0.05) is 0 Å². The minimum Gasteiger partial charge on any atom is -0.377 e. The fraction of sp³-hybridized carbons (Fsp3) is 1.00. The highest BCUT2D eigenvalue weighted by Gasteiger charge is 2.49. The molecule has 2 N–H and O–H groups in total. The van der Waals surface area contributed by atoms with E-state index in [-0.39, 0.29) is 23.3 Å². The van der Waals surface area contributed by atoms with Crippen LogP contribution in [0.3, 0.4) is 0 Å². The van der Waals surface area contributed by atoms with Crippen molar-refractivity contribution in [3.8, 4) is 0 Å². The standard InChI is InChI=1S/C13H27NO2/c1-7-15-9(2)11(14)10-8-12(3,4)16-13(10,5)6/h9-11H,7-8,14H2,1-6H3. The molecule has 3 atom stereocenters. The van der Waals surface area contributed by atoms with Crippen LogP contribution in [-0.4, -0.2) is 30.0 Å². The Balaban J connectivity index is 2.72. The van der Waals surface area contributed by atoms with Crippen LogP contribution in [0.1, 0.15) is 48.0 Å². The molecule has 1 heterocycles. The van der Waals surface area contributed by atoms with Crippen LogP contribution in [0.5, 0.6) is 0 Å². The first kappa shape index (κ1) is 13.9. The molecule has 1 rings (SSSR count). The maximum Gasteiger partial charge on any atom is 0.0701 e. The van der Waals surface area contributed by atoms with Gasteiger partial charge in [0.2, 0.25) is 0 Å². The molecular weight excluding hydrogens is 202 g/mol. The maximum absolute atomic E-state index is 6.30. The number of hydrogen-bond acceptors (Lipinski definition) is 3. The summed E-state index contributed by atoms with van der Waals surface area (Å²) in [5.41, 5.74) is 6.07. The van der Waals surface area contributed by atoms with Gasteiger partial charge in [0.15, 0.2) is 0 Å². The number of ether oxygens (including phenoxy) is 2. The molecule has 0 aliphatic carbocycles. The van der Waals surface area contributed by atoms with E-state index in [9.17, 15) is 0 Å². The molecule has 0 spiro atoms. The van der Waals surface area contributed by atoms with Crippen LogP contribution in [0.4, 0.5) is 0 Å². The Hall–Kier alpha value is -0.120. The molecule has 0 bridgehead atoms. The largest absolute Gasteiger partial charge is 0.377 e. The van der Waals surface area contributed by atoms with Gasteiger partial charge in [0.25, 0.3) is 0 Å². The molecule has 0 radical (unpaired) electrons. The second kappa shape index (κ2) is 4.63. The number of hydrogen-bond donors (Lipinski definition) is 1. The van der Waals surface area contributed by atoms with Crippen molar-refractivity contribution >= 4 is 0 Å². The summed E-state index contributed by atoms with van der Waals surface area (Å²) in [5.74, 6) is 0.351. The van der Waals surface area contributed by atoms with Gasteiger partial charge in [-0.05, 0) is 48.0 Å². The molecule has 1 aliphatic rings. The van der Waals surface area contributed by atoms with Gasteiger partial charge >= 0.3 is 0 Å². The molecule has 3 heteroatoms. The fourth-order valence-electron chi connectivity index (χ4n) is 2.91. The molecule has 3 nitrogen and oxygen atoms in total. The van der Waals surface area contributed by atoms with Gasteiger partial charge < -0.3 is 15.2 Å². The van der Waals surface area contributed by atoms with Gasteiger partial charge in [0.1, 0.15) is 0 Å². The van der Waals surface area contributed by atoms with E-state index in [2.05, 4.69) is 34.6 Å². The van der Waals surface area contributed by atoms with Gasteiger partial charge in [0.05, 0.1) is 17.3 Å². The van der Waals surface area contributed by atoms with Gasteiger partial charge in [-0.2, -0.15) is 0 Å². The third-order valence-electron chi connectivity index (χ3n) is 3.58. The van der Waals surface area contributed by atoms with Crippen molar-refractivity contribution in [2.75, 3.05) is 6.61 Å². The van der Waals surface area contributed by atoms with E-state index >= 15 is 0 Å². The first-order chi connectivity index (χ1) is 7.19. The normalized spacial score (nSPS) is 31.3. The molecule has 1 aliphatic heterocycles. The smallest absolute Gasteiger partial charge is 0.0701 e. The van der Waals surface area contributed by atoms with Crippen LogP contribution < -0.4 is 5.73 Å². The molecule has 16 heavy (non-hydrogen) atoms. The summed E-state index contributed by atoms with van der Waals surface area (Å²) in [5, 5.41) is 0. The second-order valence-electron chi connectivity index (χ2n) is 6.01. The fourth-order valence-corrected chi connectivity index (χ4v) is 2.91. The SMILES string of the molecule is CCOC(C)C(N)C1CC(C)(C)OC1(C)C. The lowest BCUT2D eigenvalue weighted by Crippen LogP contribution is -2.47. The van der Waals surface area contributed by atoms with E-state index in [1.807, 2.05) is 6.92 Å². The van der Waals surface area contributed by atoms with Crippen molar-refractivity contribution in [1.82, 2.24) is 0 Å². The summed E-state index contributed by atoms with van der Waals surface area (Å²) < 4.78 is 11.7. The first-order valence-corrected chi connectivity index (χ1v) is 6.27. The van der Waals surface area contributed by atoms with Gasteiger partial charge in [-0.3, -0.25) is 0 Å². The van der Waals surface area contributed by atoms with Crippen molar-refractivity contribution < 1.29 is 9.47 Å². The van der Waals surface area contributed by atoms with Gasteiger partial charge in [0, 0.05) is 18.6 Å². The van der Waals surface area contributed by atoms with Gasteiger partial charge in [-0.15, -0.1) is 0 Å². The lowest BCUT2D eigenvalue weighted by molar-refractivity contribution is -0.0824. The van der Waals surface area contributed by atoms with Crippen molar-refractivity contribution in [3.63, 3.8) is 0 Å². The lowest BCUT2D eigenvalue weighted by atomic mass is 9.80. The molecule has 96 valence electrons. The van der Waals surface area contributed by atoms with Crippen LogP contribution in [0, 0.1) is 5.92 Å². The molecular formula is C13H27NO2. The molecule has 0 aromatic carbocycles. The van der Waals surface area contributed by atoms with Crippen LogP contribution in [0.2, 0.25) is 0 Å². The molecule has 1 fully saturated rings. The van der Waals surface area contributed by atoms with Crippen LogP contribution >= 0.6 is 0 Å². The number of rotatable bonds is 4. The first-order valence-electron chi connectivity index (χ1n) is 6.27. The minimum absolute atomic E-state index is 0.0386. The van der Waals surface area contributed by atoms with Crippen molar-refractivity contribution in [1.29, 1.82) is 0 Å². The third-order valence-corrected chi connectivity index (χ3v) is 3.58. The lowest BCUT2D eigenvalue weighted by Gasteiger charge is -2.33. The van der Waals surface area contributed by atoms with E-state index in [1.165, 1.54) is 0 Å². The Bertz CT molecular complexity index is 238. The quantitative estimate of drug-likeness (QED) is 0.804. The highest BCUT2D eigenvalue weighted by Crippen LogP contribution is 2.43. The summed E-state index contributed by atoms with van der Waals surface area (Å²) in [7, 11) is 0. The highest BCUT2D eigenvalue weighted by atomic mass is 16.5. The van der Waals surface area contributed by atoms with E-state index in [0.717, 1.165) is 6.42 Å². The van der Waals surface area contributed by atoms with E-state index in [4.69, 9.17) is 15.2 Å². The Labute approximate surface area is 99.7 Å². The minimum atomic E-state index is -0.158. The Kier molecular flexibility index (Phi) is 4.04. The maximum atomic E-state index is 6.30. The zero-order chi connectivity index (χ0) is 12.6. The summed E-state index contributed by atoms with van der Waals surface area (Å²) in [6.07, 6.45) is 1.09.